The van der Waals surface area contributed by atoms with Crippen LogP contribution in [0.4, 0.5) is 46.3 Å². The van der Waals surface area contributed by atoms with Crippen LogP contribution in [0.15, 0.2) is 107 Å². The number of ether oxygens (including phenoxy) is 2. The summed E-state index contributed by atoms with van der Waals surface area (Å²) in [5, 5.41) is 14.9. The fourth-order valence-corrected chi connectivity index (χ4v) is 8.80. The molecule has 0 saturated heterocycles. The zero-order valence-corrected chi connectivity index (χ0v) is 40.3. The monoisotopic (exact) mass is 964 g/mol. The third kappa shape index (κ3) is 13.0. The molecule has 0 aliphatic heterocycles. The maximum absolute atomic E-state index is 12.8. The molecular formula is C45H54Cl2N10O6S2. The summed E-state index contributed by atoms with van der Waals surface area (Å²) >= 11 is 12.6. The van der Waals surface area contributed by atoms with E-state index in [-0.39, 0.29) is 43.4 Å². The van der Waals surface area contributed by atoms with Gasteiger partial charge < -0.3 is 41.8 Å². The van der Waals surface area contributed by atoms with E-state index in [2.05, 4.69) is 46.5 Å². The summed E-state index contributed by atoms with van der Waals surface area (Å²) in [6.45, 7) is 7.93. The van der Waals surface area contributed by atoms with E-state index in [4.69, 9.17) is 38.4 Å². The first kappa shape index (κ1) is 50.2. The van der Waals surface area contributed by atoms with Crippen LogP contribution in [0, 0.1) is 0 Å². The van der Waals surface area contributed by atoms with Gasteiger partial charge in [0.15, 0.2) is 31.3 Å². The van der Waals surface area contributed by atoms with E-state index in [0.717, 1.165) is 24.1 Å². The Labute approximate surface area is 391 Å². The minimum absolute atomic E-state index is 0.176. The van der Waals surface area contributed by atoms with Crippen molar-refractivity contribution in [2.45, 2.75) is 60.8 Å². The van der Waals surface area contributed by atoms with Crippen LogP contribution in [0.25, 0.3) is 0 Å². The van der Waals surface area contributed by atoms with Gasteiger partial charge in [0, 0.05) is 0 Å². The number of halogens is 2. The summed E-state index contributed by atoms with van der Waals surface area (Å²) in [7, 11) is -1.94. The molecule has 6 aromatic rings. The van der Waals surface area contributed by atoms with Gasteiger partial charge in [0.05, 0.1) is 69.7 Å². The van der Waals surface area contributed by atoms with Crippen molar-refractivity contribution in [1.29, 1.82) is 0 Å². The maximum Gasteiger partial charge on any atom is 0.229 e. The molecule has 0 bridgehead atoms. The highest BCUT2D eigenvalue weighted by molar-refractivity contribution is 7.92. The van der Waals surface area contributed by atoms with Gasteiger partial charge in [0.1, 0.15) is 21.5 Å². The summed E-state index contributed by atoms with van der Waals surface area (Å²) in [5.41, 5.74) is 9.98. The predicted molar refractivity (Wildman–Crippen MR) is 261 cm³/mol. The van der Waals surface area contributed by atoms with Gasteiger partial charge in [-0.2, -0.15) is 9.97 Å². The third-order valence-corrected chi connectivity index (χ3v) is 14.7. The molecule has 0 aliphatic carbocycles. The van der Waals surface area contributed by atoms with E-state index in [9.17, 15) is 16.8 Å². The molecule has 6 rings (SSSR count). The molecule has 0 unspecified atom stereocenters. The second kappa shape index (κ2) is 22.9. The number of rotatable bonds is 19. The number of hydrogen-bond donors (Lipinski definition) is 6. The minimum Gasteiger partial charge on any atom is -0.495 e. The number of likely N-dealkylation sites (N-methyl/N-ethyl adjacent to an activating group) is 1. The van der Waals surface area contributed by atoms with Gasteiger partial charge in [-0.3, -0.25) is 0 Å². The fraction of sp³-hybridized carbons (Fsp3) is 0.289. The molecule has 2 aromatic heterocycles. The molecule has 65 heavy (non-hydrogen) atoms. The van der Waals surface area contributed by atoms with Gasteiger partial charge in [-0.05, 0) is 120 Å². The number of para-hydroxylation sites is 2. The number of benzene rings is 4. The second-order valence-electron chi connectivity index (χ2n) is 14.9. The Morgan fingerprint density at radius 1 is 0.600 bits per heavy atom. The standard InChI is InChI=1S/C23H28ClN5O3S.C22H26ClN5O3S/c1-15(2)33(30,31)21-8-6-5-7-18(21)27-22-17(24)14-26-23(29-22)28-19-13-16(11-12-25-3)9-10-20(19)32-4;1-14(2)32(29,30)20-7-5-4-6-17(20)26-21-16(23)13-25-22(28-21)27-18-12-15(10-11-24)8-9-19(18)31-3/h5-10,13-15,25H,11-12H2,1-4H3,(H2,26,27,28,29);4-9,12-14H,10-11,24H2,1-3H3,(H2,25,26,27,28). The SMILES string of the molecule is CNCCc1ccc(OC)c(Nc2ncc(Cl)c(Nc3ccccc3S(=O)(=O)C(C)C)n2)c1.COc1ccc(CCN)cc1Nc1ncc(Cl)c(Nc2ccccc2S(=O)(=O)C(C)C)n1. The van der Waals surface area contributed by atoms with E-state index in [0.29, 0.717) is 47.2 Å². The van der Waals surface area contributed by atoms with Crippen LogP contribution in [0.1, 0.15) is 38.8 Å². The van der Waals surface area contributed by atoms with Gasteiger partial charge in [0.25, 0.3) is 0 Å². The molecule has 0 aliphatic rings. The summed E-state index contributed by atoms with van der Waals surface area (Å²) in [4.78, 5) is 17.8. The summed E-state index contributed by atoms with van der Waals surface area (Å²) < 4.78 is 61.9. The van der Waals surface area contributed by atoms with Gasteiger partial charge in [-0.25, -0.2) is 26.8 Å². The molecule has 0 saturated carbocycles. The molecule has 4 aromatic carbocycles. The lowest BCUT2D eigenvalue weighted by Gasteiger charge is -2.16. The normalized spacial score (nSPS) is 11.4. The number of hydrogen-bond acceptors (Lipinski definition) is 16. The molecule has 20 heteroatoms. The maximum atomic E-state index is 12.8. The Hall–Kier alpha value is -5.76. The van der Waals surface area contributed by atoms with Gasteiger partial charge in [-0.1, -0.05) is 59.6 Å². The zero-order chi connectivity index (χ0) is 47.3. The van der Waals surface area contributed by atoms with Gasteiger partial charge >= 0.3 is 0 Å². The number of methoxy groups -OCH3 is 2. The van der Waals surface area contributed by atoms with Crippen LogP contribution in [0.2, 0.25) is 10.0 Å². The molecular weight excluding hydrogens is 912 g/mol. The van der Waals surface area contributed by atoms with Crippen LogP contribution in [-0.4, -0.2) is 81.6 Å². The molecule has 346 valence electrons. The van der Waals surface area contributed by atoms with Crippen LogP contribution in [-0.2, 0) is 32.5 Å². The van der Waals surface area contributed by atoms with E-state index in [1.807, 2.05) is 43.4 Å². The number of aromatic nitrogens is 4. The third-order valence-electron chi connectivity index (χ3n) is 9.74. The Bertz CT molecular complexity index is 2800. The number of nitrogens with two attached hydrogens (primary N) is 1. The highest BCUT2D eigenvalue weighted by atomic mass is 35.5. The highest BCUT2D eigenvalue weighted by Gasteiger charge is 2.25. The van der Waals surface area contributed by atoms with E-state index in [1.54, 1.807) is 90.4 Å². The largest absolute Gasteiger partial charge is 0.495 e. The highest BCUT2D eigenvalue weighted by Crippen LogP contribution is 2.34. The zero-order valence-electron chi connectivity index (χ0n) is 37.1. The molecule has 2 heterocycles. The Kier molecular flexibility index (Phi) is 17.7. The second-order valence-corrected chi connectivity index (χ2v) is 20.7. The van der Waals surface area contributed by atoms with Crippen molar-refractivity contribution < 1.29 is 26.3 Å². The Morgan fingerprint density at radius 2 is 1.02 bits per heavy atom. The first-order chi connectivity index (χ1) is 31.0. The molecule has 7 N–H and O–H groups in total. The van der Waals surface area contributed by atoms with Crippen molar-refractivity contribution in [3.8, 4) is 11.5 Å². The molecule has 0 fully saturated rings. The first-order valence-corrected chi connectivity index (χ1v) is 24.3. The lowest BCUT2D eigenvalue weighted by Crippen LogP contribution is -2.15. The smallest absolute Gasteiger partial charge is 0.229 e. The lowest BCUT2D eigenvalue weighted by molar-refractivity contribution is 0.416. The van der Waals surface area contributed by atoms with Gasteiger partial charge in [0.2, 0.25) is 11.9 Å². The van der Waals surface area contributed by atoms with E-state index >= 15 is 0 Å². The Balaban J connectivity index is 0.000000244. The predicted octanol–water partition coefficient (Wildman–Crippen LogP) is 8.88. The minimum atomic E-state index is -3.51. The van der Waals surface area contributed by atoms with Crippen molar-refractivity contribution in [2.24, 2.45) is 5.73 Å². The quantitative estimate of drug-likeness (QED) is 0.0446. The van der Waals surface area contributed by atoms with E-state index in [1.165, 1.54) is 12.4 Å². The van der Waals surface area contributed by atoms with Crippen LogP contribution in [0.5, 0.6) is 11.5 Å². The summed E-state index contributed by atoms with van der Waals surface area (Å²) in [6.07, 6.45) is 4.46. The van der Waals surface area contributed by atoms with Crippen molar-refractivity contribution >= 4 is 89.2 Å². The van der Waals surface area contributed by atoms with Crippen LogP contribution >= 0.6 is 23.2 Å². The number of nitrogens with one attached hydrogen (secondary N) is 5. The molecule has 0 radical (unpaired) electrons. The van der Waals surface area contributed by atoms with Crippen molar-refractivity contribution in [2.75, 3.05) is 55.6 Å². The lowest BCUT2D eigenvalue weighted by atomic mass is 10.1. The average Bonchev–Trinajstić information content (AvgIpc) is 3.28. The van der Waals surface area contributed by atoms with E-state index < -0.39 is 30.2 Å². The summed E-state index contributed by atoms with van der Waals surface area (Å²) in [5.74, 6) is 2.37. The number of anilines is 8. The van der Waals surface area contributed by atoms with Crippen molar-refractivity contribution in [3.05, 3.63) is 118 Å². The topological polar surface area (TPSA) is 224 Å². The molecule has 0 spiro atoms. The summed E-state index contributed by atoms with van der Waals surface area (Å²) in [6, 6.07) is 24.9. The van der Waals surface area contributed by atoms with Gasteiger partial charge in [-0.15, -0.1) is 0 Å². The molecule has 0 atom stereocenters. The number of nitrogens with zero attached hydrogens (tertiary/aromatic N) is 4. The fourth-order valence-electron chi connectivity index (χ4n) is 6.12. The van der Waals surface area contributed by atoms with Crippen molar-refractivity contribution in [3.63, 3.8) is 0 Å². The first-order valence-electron chi connectivity index (χ1n) is 20.5. The number of sulfone groups is 2. The molecule has 16 nitrogen and oxygen atoms in total. The van der Waals surface area contributed by atoms with Crippen molar-refractivity contribution in [1.82, 2.24) is 25.3 Å². The van der Waals surface area contributed by atoms with Crippen LogP contribution in [0.3, 0.4) is 0 Å². The molecule has 0 amide bonds. The van der Waals surface area contributed by atoms with Crippen LogP contribution < -0.4 is 41.8 Å². The average molecular weight is 966 g/mol. The Morgan fingerprint density at radius 3 is 1.40 bits per heavy atom.